The number of para-hydroxylation sites is 1. The van der Waals surface area contributed by atoms with Crippen molar-refractivity contribution in [3.8, 4) is 0 Å². The zero-order valence-corrected chi connectivity index (χ0v) is 26.6. The molecule has 4 rings (SSSR count). The lowest BCUT2D eigenvalue weighted by atomic mass is 9.93. The number of carbonyl (C=O) groups is 4. The van der Waals surface area contributed by atoms with E-state index in [0.29, 0.717) is 25.8 Å². The standard InChI is InChI=1S/C34H49N5O5/c1-5-7-8-9-10-11-17-26-31(40)36-27(21-24-22-39(44-4)28-18-13-12-16-25(24)28)32(41)37-30(23(3)6-2)34(43)38-20-15-14-19-29(38)33(42)35-26/h5,7,12-13,16,18,22-23,26-27,29-30H,6,8-11,14-15,17,19-21H2,1-4H3,(H,35,42)(H,36,40)(H,37,41)/b7-5+/t23?,26-,27-,29+,30-/m0/s1. The highest BCUT2D eigenvalue weighted by molar-refractivity contribution is 5.98. The van der Waals surface area contributed by atoms with Crippen LogP contribution in [0.3, 0.4) is 0 Å². The Morgan fingerprint density at radius 2 is 1.73 bits per heavy atom. The summed E-state index contributed by atoms with van der Waals surface area (Å²) in [6, 6.07) is 4.44. The van der Waals surface area contributed by atoms with Crippen molar-refractivity contribution >= 4 is 34.5 Å². The summed E-state index contributed by atoms with van der Waals surface area (Å²) >= 11 is 0. The fourth-order valence-corrected chi connectivity index (χ4v) is 6.31. The first-order valence-corrected chi connectivity index (χ1v) is 16.2. The number of allylic oxidation sites excluding steroid dienone is 2. The van der Waals surface area contributed by atoms with Crippen molar-refractivity contribution < 1.29 is 24.0 Å². The number of aromatic nitrogens is 1. The second kappa shape index (κ2) is 15.8. The van der Waals surface area contributed by atoms with Crippen molar-refractivity contribution in [1.29, 1.82) is 0 Å². The van der Waals surface area contributed by atoms with Gasteiger partial charge in [-0.3, -0.25) is 19.2 Å². The molecule has 5 atom stereocenters. The van der Waals surface area contributed by atoms with E-state index >= 15 is 0 Å². The van der Waals surface area contributed by atoms with Crippen molar-refractivity contribution in [3.05, 3.63) is 48.2 Å². The first-order valence-electron chi connectivity index (χ1n) is 16.2. The molecule has 0 spiro atoms. The number of unbranched alkanes of at least 4 members (excludes halogenated alkanes) is 3. The minimum absolute atomic E-state index is 0.165. The summed E-state index contributed by atoms with van der Waals surface area (Å²) in [4.78, 5) is 62.8. The molecule has 240 valence electrons. The third-order valence-electron chi connectivity index (χ3n) is 9.11. The van der Waals surface area contributed by atoms with Gasteiger partial charge < -0.3 is 25.7 Å². The predicted molar refractivity (Wildman–Crippen MR) is 171 cm³/mol. The van der Waals surface area contributed by atoms with Crippen LogP contribution in [0.5, 0.6) is 0 Å². The number of fused-ring (bicyclic) bond motifs is 2. The van der Waals surface area contributed by atoms with E-state index in [9.17, 15) is 19.2 Å². The predicted octanol–water partition coefficient (Wildman–Crippen LogP) is 3.66. The normalized spacial score (nSPS) is 24.2. The van der Waals surface area contributed by atoms with Gasteiger partial charge in [0.1, 0.15) is 31.3 Å². The monoisotopic (exact) mass is 607 g/mol. The Balaban J connectivity index is 1.68. The van der Waals surface area contributed by atoms with Crippen LogP contribution < -0.4 is 20.8 Å². The summed E-state index contributed by atoms with van der Waals surface area (Å²) in [6.45, 7) is 6.35. The maximum absolute atomic E-state index is 14.0. The zero-order chi connectivity index (χ0) is 31.6. The van der Waals surface area contributed by atoms with Gasteiger partial charge in [-0.2, -0.15) is 4.73 Å². The van der Waals surface area contributed by atoms with Gasteiger partial charge in [0.05, 0.1) is 5.52 Å². The topological polar surface area (TPSA) is 122 Å². The molecule has 3 heterocycles. The average Bonchev–Trinajstić information content (AvgIpc) is 3.40. The van der Waals surface area contributed by atoms with Crippen molar-refractivity contribution in [2.45, 2.75) is 109 Å². The Morgan fingerprint density at radius 1 is 0.977 bits per heavy atom. The Hall–Kier alpha value is -3.82. The van der Waals surface area contributed by atoms with Gasteiger partial charge in [-0.1, -0.05) is 63.5 Å². The van der Waals surface area contributed by atoms with E-state index in [-0.39, 0.29) is 24.2 Å². The van der Waals surface area contributed by atoms with Crippen LogP contribution in [0.4, 0.5) is 0 Å². The Bertz CT molecular complexity index is 1340. The van der Waals surface area contributed by atoms with Gasteiger partial charge in [-0.15, -0.1) is 0 Å². The number of hydrogen-bond acceptors (Lipinski definition) is 5. The largest absolute Gasteiger partial charge is 0.417 e. The van der Waals surface area contributed by atoms with Crippen LogP contribution in [-0.2, 0) is 25.6 Å². The molecule has 1 aromatic carbocycles. The molecule has 10 heteroatoms. The molecular formula is C34H49N5O5. The fraction of sp³-hybridized carbons (Fsp3) is 0.588. The molecule has 4 amide bonds. The molecular weight excluding hydrogens is 558 g/mol. The maximum atomic E-state index is 14.0. The van der Waals surface area contributed by atoms with E-state index in [1.54, 1.807) is 16.7 Å². The van der Waals surface area contributed by atoms with E-state index in [0.717, 1.165) is 55.0 Å². The number of piperidine rings is 1. The van der Waals surface area contributed by atoms with Crippen molar-refractivity contribution in [2.24, 2.45) is 5.92 Å². The number of benzene rings is 1. The quantitative estimate of drug-likeness (QED) is 0.266. The lowest BCUT2D eigenvalue weighted by Crippen LogP contribution is -2.64. The van der Waals surface area contributed by atoms with Crippen molar-refractivity contribution in [3.63, 3.8) is 0 Å². The van der Waals surface area contributed by atoms with E-state index in [1.165, 1.54) is 0 Å². The van der Waals surface area contributed by atoms with Gasteiger partial charge in [0.2, 0.25) is 23.6 Å². The third-order valence-corrected chi connectivity index (χ3v) is 9.11. The zero-order valence-electron chi connectivity index (χ0n) is 26.6. The van der Waals surface area contributed by atoms with E-state index in [4.69, 9.17) is 4.84 Å². The highest BCUT2D eigenvalue weighted by atomic mass is 16.6. The number of rotatable bonds is 11. The summed E-state index contributed by atoms with van der Waals surface area (Å²) in [7, 11) is 1.57. The van der Waals surface area contributed by atoms with Crippen molar-refractivity contribution in [2.75, 3.05) is 13.7 Å². The van der Waals surface area contributed by atoms with Crippen LogP contribution in [-0.4, -0.2) is 71.1 Å². The first-order chi connectivity index (χ1) is 21.3. The molecule has 2 fully saturated rings. The molecule has 3 N–H and O–H groups in total. The number of hydrogen-bond donors (Lipinski definition) is 3. The van der Waals surface area contributed by atoms with E-state index < -0.39 is 36.0 Å². The fourth-order valence-electron chi connectivity index (χ4n) is 6.31. The van der Waals surface area contributed by atoms with Crippen LogP contribution >= 0.6 is 0 Å². The van der Waals surface area contributed by atoms with Gasteiger partial charge in [0.25, 0.3) is 0 Å². The number of nitrogens with zero attached hydrogens (tertiary/aromatic N) is 2. The first kappa shape index (κ1) is 33.1. The van der Waals surface area contributed by atoms with E-state index in [2.05, 4.69) is 22.0 Å². The molecule has 2 aromatic rings. The van der Waals surface area contributed by atoms with Crippen molar-refractivity contribution in [1.82, 2.24) is 25.6 Å². The highest BCUT2D eigenvalue weighted by Crippen LogP contribution is 2.24. The maximum Gasteiger partial charge on any atom is 0.246 e. The molecule has 2 saturated heterocycles. The van der Waals surface area contributed by atoms with E-state index in [1.807, 2.05) is 57.3 Å². The molecule has 0 bridgehead atoms. The summed E-state index contributed by atoms with van der Waals surface area (Å²) in [5.74, 6) is -1.52. The Morgan fingerprint density at radius 3 is 2.48 bits per heavy atom. The Labute approximate surface area is 260 Å². The second-order valence-corrected chi connectivity index (χ2v) is 12.1. The van der Waals surface area contributed by atoms with Gasteiger partial charge in [-0.05, 0) is 63.0 Å². The van der Waals surface area contributed by atoms with Crippen LogP contribution in [0.25, 0.3) is 10.9 Å². The lowest BCUT2D eigenvalue weighted by Gasteiger charge is -2.39. The SMILES string of the molecule is C/C=C/CCCCC[C@@H]1NC(=O)[C@H]2CCCCN2C(=O)[C@H](C(C)CC)NC(=O)[C@H](Cc2cn(OC)c3ccccc23)NC1=O. The molecule has 10 nitrogen and oxygen atoms in total. The van der Waals surface area contributed by atoms with Gasteiger partial charge in [0, 0.05) is 24.5 Å². The van der Waals surface area contributed by atoms with Crippen LogP contribution in [0.1, 0.15) is 84.1 Å². The molecule has 1 unspecified atom stereocenters. The lowest BCUT2D eigenvalue weighted by molar-refractivity contribution is -0.147. The van der Waals surface area contributed by atoms with Crippen LogP contribution in [0, 0.1) is 5.92 Å². The molecule has 44 heavy (non-hydrogen) atoms. The smallest absolute Gasteiger partial charge is 0.246 e. The summed E-state index contributed by atoms with van der Waals surface area (Å²) < 4.78 is 1.64. The Kier molecular flexibility index (Phi) is 11.9. The highest BCUT2D eigenvalue weighted by Gasteiger charge is 2.40. The average molecular weight is 608 g/mol. The molecule has 0 radical (unpaired) electrons. The van der Waals surface area contributed by atoms with Crippen LogP contribution in [0.15, 0.2) is 42.6 Å². The minimum atomic E-state index is -0.969. The molecule has 2 aliphatic heterocycles. The second-order valence-electron chi connectivity index (χ2n) is 12.1. The summed E-state index contributed by atoms with van der Waals surface area (Å²) in [6.07, 6.45) is 13.0. The van der Waals surface area contributed by atoms with Gasteiger partial charge >= 0.3 is 0 Å². The number of carbonyl (C=O) groups excluding carboxylic acids is 4. The molecule has 0 aliphatic carbocycles. The molecule has 0 saturated carbocycles. The molecule has 2 aliphatic rings. The van der Waals surface area contributed by atoms with Crippen LogP contribution in [0.2, 0.25) is 0 Å². The third kappa shape index (κ3) is 7.81. The number of amides is 4. The summed E-state index contributed by atoms with van der Waals surface area (Å²) in [5.41, 5.74) is 1.67. The summed E-state index contributed by atoms with van der Waals surface area (Å²) in [5, 5.41) is 9.87. The van der Waals surface area contributed by atoms with Gasteiger partial charge in [0.15, 0.2) is 0 Å². The minimum Gasteiger partial charge on any atom is -0.417 e. The van der Waals surface area contributed by atoms with Gasteiger partial charge in [-0.25, -0.2) is 0 Å². The number of nitrogens with one attached hydrogen (secondary N) is 3. The molecule has 1 aromatic heterocycles.